The number of hydrogen-bond donors (Lipinski definition) is 1. The van der Waals surface area contributed by atoms with Crippen molar-refractivity contribution in [2.75, 3.05) is 38.2 Å². The minimum atomic E-state index is -0.390. The number of anilines is 1. The minimum Gasteiger partial charge on any atom is -0.494 e. The van der Waals surface area contributed by atoms with E-state index in [0.717, 1.165) is 5.69 Å². The second-order valence-electron chi connectivity index (χ2n) is 5.57. The molecule has 1 amide bonds. The monoisotopic (exact) mass is 333 g/mol. The predicted molar refractivity (Wildman–Crippen MR) is 87.7 cm³/mol. The molecule has 2 aromatic rings. The van der Waals surface area contributed by atoms with Crippen LogP contribution in [0, 0.1) is 5.82 Å². The molecule has 0 aliphatic carbocycles. The lowest BCUT2D eigenvalue weighted by molar-refractivity contribution is 0.0713. The van der Waals surface area contributed by atoms with Crippen LogP contribution in [0.15, 0.2) is 34.7 Å². The third-order valence-electron chi connectivity index (χ3n) is 4.14. The Morgan fingerprint density at radius 3 is 2.58 bits per heavy atom. The summed E-state index contributed by atoms with van der Waals surface area (Å²) in [6.07, 6.45) is 0. The van der Waals surface area contributed by atoms with Crippen molar-refractivity contribution in [2.24, 2.45) is 5.73 Å². The summed E-state index contributed by atoms with van der Waals surface area (Å²) in [5.41, 5.74) is 6.27. The fraction of sp³-hybridized carbons (Fsp3) is 0.353. The Kier molecular flexibility index (Phi) is 4.71. The Hall–Kier alpha value is -2.54. The average Bonchev–Trinajstić information content (AvgIpc) is 3.10. The van der Waals surface area contributed by atoms with E-state index in [1.165, 1.54) is 13.2 Å². The lowest BCUT2D eigenvalue weighted by atomic mass is 10.2. The molecule has 1 aromatic carbocycles. The number of piperazine rings is 1. The van der Waals surface area contributed by atoms with Gasteiger partial charge in [-0.25, -0.2) is 4.39 Å². The van der Waals surface area contributed by atoms with Gasteiger partial charge in [-0.1, -0.05) is 0 Å². The van der Waals surface area contributed by atoms with Crippen molar-refractivity contribution in [2.45, 2.75) is 6.54 Å². The van der Waals surface area contributed by atoms with Crippen molar-refractivity contribution >= 4 is 11.6 Å². The number of rotatable bonds is 4. The van der Waals surface area contributed by atoms with Gasteiger partial charge in [0.05, 0.1) is 13.7 Å². The van der Waals surface area contributed by atoms with E-state index in [2.05, 4.69) is 0 Å². The molecule has 0 atom stereocenters. The standard InChI is InChI=1S/C17H20FN3O3/c1-23-15-4-2-12(10-14(15)18)20-6-8-21(9-7-20)17(22)16-5-3-13(11-19)24-16/h2-5,10H,6-9,11,19H2,1H3. The molecule has 6 nitrogen and oxygen atoms in total. The molecule has 2 N–H and O–H groups in total. The summed E-state index contributed by atoms with van der Waals surface area (Å²) in [7, 11) is 1.44. The van der Waals surface area contributed by atoms with Crippen LogP contribution in [0.2, 0.25) is 0 Å². The molecule has 1 saturated heterocycles. The first-order valence-corrected chi connectivity index (χ1v) is 7.79. The van der Waals surface area contributed by atoms with Crippen LogP contribution in [0.4, 0.5) is 10.1 Å². The first kappa shape index (κ1) is 16.3. The van der Waals surface area contributed by atoms with Crippen molar-refractivity contribution in [3.8, 4) is 5.75 Å². The predicted octanol–water partition coefficient (Wildman–Crippen LogP) is 1.85. The molecular weight excluding hydrogens is 313 g/mol. The normalized spacial score (nSPS) is 14.8. The lowest BCUT2D eigenvalue weighted by Crippen LogP contribution is -2.48. The second-order valence-corrected chi connectivity index (χ2v) is 5.57. The van der Waals surface area contributed by atoms with Gasteiger partial charge in [-0.3, -0.25) is 4.79 Å². The zero-order valence-corrected chi connectivity index (χ0v) is 13.5. The lowest BCUT2D eigenvalue weighted by Gasteiger charge is -2.35. The Labute approximate surface area is 139 Å². The molecule has 0 unspecified atom stereocenters. The summed E-state index contributed by atoms with van der Waals surface area (Å²) in [5, 5.41) is 0. The van der Waals surface area contributed by atoms with E-state index in [1.807, 2.05) is 11.0 Å². The molecule has 128 valence electrons. The number of methoxy groups -OCH3 is 1. The molecular formula is C17H20FN3O3. The summed E-state index contributed by atoms with van der Waals surface area (Å²) in [6, 6.07) is 8.24. The highest BCUT2D eigenvalue weighted by Gasteiger charge is 2.24. The molecule has 0 radical (unpaired) electrons. The summed E-state index contributed by atoms with van der Waals surface area (Å²) < 4.78 is 24.2. The van der Waals surface area contributed by atoms with Crippen molar-refractivity contribution in [1.29, 1.82) is 0 Å². The number of amides is 1. The van der Waals surface area contributed by atoms with Crippen LogP contribution in [-0.2, 0) is 6.54 Å². The van der Waals surface area contributed by atoms with Crippen molar-refractivity contribution in [3.05, 3.63) is 47.7 Å². The highest BCUT2D eigenvalue weighted by Crippen LogP contribution is 2.24. The zero-order chi connectivity index (χ0) is 17.1. The third-order valence-corrected chi connectivity index (χ3v) is 4.14. The van der Waals surface area contributed by atoms with Crippen LogP contribution in [0.3, 0.4) is 0 Å². The molecule has 24 heavy (non-hydrogen) atoms. The molecule has 1 aliphatic rings. The molecule has 0 bridgehead atoms. The molecule has 0 spiro atoms. The van der Waals surface area contributed by atoms with Crippen LogP contribution in [0.5, 0.6) is 5.75 Å². The maximum Gasteiger partial charge on any atom is 0.289 e. The number of ether oxygens (including phenoxy) is 1. The summed E-state index contributed by atoms with van der Waals surface area (Å²) in [5.74, 6) is 0.583. The molecule has 3 rings (SSSR count). The smallest absolute Gasteiger partial charge is 0.289 e. The first-order valence-electron chi connectivity index (χ1n) is 7.79. The van der Waals surface area contributed by atoms with Gasteiger partial charge in [0, 0.05) is 37.9 Å². The number of carbonyl (C=O) groups excluding carboxylic acids is 1. The Balaban J connectivity index is 1.63. The number of nitrogens with zero attached hydrogens (tertiary/aromatic N) is 2. The summed E-state index contributed by atoms with van der Waals surface area (Å²) in [6.45, 7) is 2.62. The quantitative estimate of drug-likeness (QED) is 0.924. The SMILES string of the molecule is COc1ccc(N2CCN(C(=O)c3ccc(CN)o3)CC2)cc1F. The van der Waals surface area contributed by atoms with Crippen LogP contribution in [0.1, 0.15) is 16.3 Å². The fourth-order valence-electron chi connectivity index (χ4n) is 2.78. The van der Waals surface area contributed by atoms with Crippen LogP contribution < -0.4 is 15.4 Å². The molecule has 7 heteroatoms. The Morgan fingerprint density at radius 2 is 2.00 bits per heavy atom. The number of furan rings is 1. The maximum atomic E-state index is 13.8. The molecule has 0 saturated carbocycles. The van der Waals surface area contributed by atoms with E-state index >= 15 is 0 Å². The van der Waals surface area contributed by atoms with Crippen molar-refractivity contribution in [1.82, 2.24) is 4.90 Å². The Morgan fingerprint density at radius 1 is 1.25 bits per heavy atom. The van der Waals surface area contributed by atoms with Crippen LogP contribution >= 0.6 is 0 Å². The van der Waals surface area contributed by atoms with Crippen LogP contribution in [0.25, 0.3) is 0 Å². The maximum absolute atomic E-state index is 13.8. The van der Waals surface area contributed by atoms with E-state index in [-0.39, 0.29) is 18.2 Å². The fourth-order valence-corrected chi connectivity index (χ4v) is 2.78. The van der Waals surface area contributed by atoms with E-state index in [1.54, 1.807) is 23.1 Å². The van der Waals surface area contributed by atoms with Gasteiger partial charge in [-0.15, -0.1) is 0 Å². The van der Waals surface area contributed by atoms with Crippen LogP contribution in [-0.4, -0.2) is 44.1 Å². The first-order chi connectivity index (χ1) is 11.6. The van der Waals surface area contributed by atoms with Gasteiger partial charge in [0.2, 0.25) is 0 Å². The molecule has 1 aromatic heterocycles. The third kappa shape index (κ3) is 3.21. The minimum absolute atomic E-state index is 0.143. The molecule has 2 heterocycles. The van der Waals surface area contributed by atoms with E-state index in [4.69, 9.17) is 14.9 Å². The number of hydrogen-bond acceptors (Lipinski definition) is 5. The molecule has 1 aliphatic heterocycles. The Bertz CT molecular complexity index is 724. The highest BCUT2D eigenvalue weighted by atomic mass is 19.1. The molecule has 1 fully saturated rings. The number of benzene rings is 1. The second kappa shape index (κ2) is 6.92. The topological polar surface area (TPSA) is 71.9 Å². The van der Waals surface area contributed by atoms with Gasteiger partial charge < -0.3 is 24.7 Å². The largest absolute Gasteiger partial charge is 0.494 e. The van der Waals surface area contributed by atoms with E-state index < -0.39 is 5.82 Å². The number of nitrogens with two attached hydrogens (primary N) is 1. The van der Waals surface area contributed by atoms with Crippen molar-refractivity contribution in [3.63, 3.8) is 0 Å². The number of carbonyl (C=O) groups is 1. The van der Waals surface area contributed by atoms with E-state index in [9.17, 15) is 9.18 Å². The number of halogens is 1. The van der Waals surface area contributed by atoms with Gasteiger partial charge >= 0.3 is 0 Å². The zero-order valence-electron chi connectivity index (χ0n) is 13.5. The van der Waals surface area contributed by atoms with E-state index in [0.29, 0.717) is 37.7 Å². The highest BCUT2D eigenvalue weighted by molar-refractivity contribution is 5.91. The summed E-state index contributed by atoms with van der Waals surface area (Å²) >= 11 is 0. The van der Waals surface area contributed by atoms with Gasteiger partial charge in [-0.05, 0) is 24.3 Å². The van der Waals surface area contributed by atoms with Gasteiger partial charge in [0.25, 0.3) is 5.91 Å². The van der Waals surface area contributed by atoms with Gasteiger partial charge in [0.15, 0.2) is 17.3 Å². The summed E-state index contributed by atoms with van der Waals surface area (Å²) in [4.78, 5) is 16.2. The van der Waals surface area contributed by atoms with Gasteiger partial charge in [0.1, 0.15) is 5.76 Å². The van der Waals surface area contributed by atoms with Crippen molar-refractivity contribution < 1.29 is 18.3 Å². The average molecular weight is 333 g/mol. The van der Waals surface area contributed by atoms with Gasteiger partial charge in [-0.2, -0.15) is 0 Å².